The second kappa shape index (κ2) is 1.73. The summed E-state index contributed by atoms with van der Waals surface area (Å²) in [7, 11) is 0. The van der Waals surface area contributed by atoms with Gasteiger partial charge in [0, 0.05) is 6.42 Å². The first kappa shape index (κ1) is 4.30. The molecule has 1 rings (SSSR count). The third-order valence-electron chi connectivity index (χ3n) is 0.689. The molecule has 0 fully saturated rings. The van der Waals surface area contributed by atoms with Crippen LogP contribution in [0.1, 0.15) is 5.82 Å². The molecule has 1 N–H and O–H groups in total. The number of hydrogen-bond acceptors (Lipinski definition) is 2. The molecule has 7 heavy (non-hydrogen) atoms. The van der Waals surface area contributed by atoms with E-state index in [-0.39, 0.29) is 0 Å². The van der Waals surface area contributed by atoms with Gasteiger partial charge in [-0.1, -0.05) is 0 Å². The molecule has 1 aromatic heterocycles. The summed E-state index contributed by atoms with van der Waals surface area (Å²) in [5, 5.41) is 6.32. The summed E-state index contributed by atoms with van der Waals surface area (Å²) in [5.41, 5.74) is 0. The molecule has 37 valence electrons. The molecule has 0 amide bonds. The summed E-state index contributed by atoms with van der Waals surface area (Å²) >= 11 is 0. The molecule has 1 aromatic rings. The van der Waals surface area contributed by atoms with Crippen molar-refractivity contribution in [3.63, 3.8) is 0 Å². The molecular weight excluding hydrogens is 90.1 g/mol. The van der Waals surface area contributed by atoms with E-state index in [0.717, 1.165) is 5.82 Å². The topological polar surface area (TPSA) is 41.6 Å². The van der Waals surface area contributed by atoms with Crippen LogP contribution in [0.15, 0.2) is 6.33 Å². The van der Waals surface area contributed by atoms with Crippen molar-refractivity contribution < 1.29 is 0 Å². The molecule has 0 aromatic carbocycles. The van der Waals surface area contributed by atoms with E-state index in [0.29, 0.717) is 6.42 Å². The maximum absolute atomic E-state index is 3.81. The number of hydrogen-bond donors (Lipinski definition) is 1. The van der Waals surface area contributed by atoms with Crippen molar-refractivity contribution in [3.8, 4) is 0 Å². The van der Waals surface area contributed by atoms with Crippen LogP contribution in [0.5, 0.6) is 0 Å². The second-order valence-corrected chi connectivity index (χ2v) is 1.17. The van der Waals surface area contributed by atoms with Gasteiger partial charge in [-0.3, -0.25) is 5.10 Å². The Balaban J connectivity index is 2.76. The van der Waals surface area contributed by atoms with E-state index in [9.17, 15) is 0 Å². The average molecular weight is 96.1 g/mol. The Kier molecular flexibility index (Phi) is 1.06. The van der Waals surface area contributed by atoms with Crippen LogP contribution in [0.2, 0.25) is 0 Å². The molecule has 3 nitrogen and oxygen atoms in total. The Bertz CT molecular complexity index is 121. The molecule has 0 spiro atoms. The molecule has 3 heteroatoms. The molecule has 0 saturated carbocycles. The molecule has 0 unspecified atom stereocenters. The zero-order valence-electron chi connectivity index (χ0n) is 3.89. The maximum Gasteiger partial charge on any atom is 0.150 e. The number of aromatic nitrogens is 3. The van der Waals surface area contributed by atoms with Gasteiger partial charge in [0.15, 0.2) is 0 Å². The Hall–Kier alpha value is -0.860. The van der Waals surface area contributed by atoms with E-state index in [4.69, 9.17) is 0 Å². The number of nitrogens with zero attached hydrogens (tertiary/aromatic N) is 2. The van der Waals surface area contributed by atoms with Crippen molar-refractivity contribution in [1.82, 2.24) is 15.2 Å². The van der Waals surface area contributed by atoms with Crippen LogP contribution in [0.3, 0.4) is 0 Å². The standard InChI is InChI=1S/C4H6N3/c1-2-4-5-3-6-7-4/h3H,1-2H2,(H,5,6,7). The van der Waals surface area contributed by atoms with E-state index < -0.39 is 0 Å². The smallest absolute Gasteiger partial charge is 0.150 e. The monoisotopic (exact) mass is 96.1 g/mol. The summed E-state index contributed by atoms with van der Waals surface area (Å²) in [4.78, 5) is 3.81. The lowest BCUT2D eigenvalue weighted by atomic mass is 10.5. The lowest BCUT2D eigenvalue weighted by Crippen LogP contribution is -1.80. The highest BCUT2D eigenvalue weighted by atomic mass is 15.2. The van der Waals surface area contributed by atoms with Gasteiger partial charge in [-0.05, 0) is 6.92 Å². The highest BCUT2D eigenvalue weighted by Crippen LogP contribution is 1.81. The quantitative estimate of drug-likeness (QED) is 0.542. The van der Waals surface area contributed by atoms with Gasteiger partial charge in [-0.15, -0.1) is 0 Å². The zero-order chi connectivity index (χ0) is 5.11. The van der Waals surface area contributed by atoms with Gasteiger partial charge in [0.1, 0.15) is 12.2 Å². The van der Waals surface area contributed by atoms with Gasteiger partial charge in [-0.2, -0.15) is 5.10 Å². The van der Waals surface area contributed by atoms with Crippen LogP contribution in [-0.4, -0.2) is 15.2 Å². The van der Waals surface area contributed by atoms with Crippen molar-refractivity contribution in [1.29, 1.82) is 0 Å². The number of aromatic amines is 1. The van der Waals surface area contributed by atoms with Gasteiger partial charge >= 0.3 is 0 Å². The van der Waals surface area contributed by atoms with Gasteiger partial charge < -0.3 is 0 Å². The van der Waals surface area contributed by atoms with Crippen molar-refractivity contribution in [2.75, 3.05) is 0 Å². The first-order valence-electron chi connectivity index (χ1n) is 2.07. The van der Waals surface area contributed by atoms with Crippen LogP contribution in [0.25, 0.3) is 0 Å². The lowest BCUT2D eigenvalue weighted by molar-refractivity contribution is 0.989. The second-order valence-electron chi connectivity index (χ2n) is 1.17. The van der Waals surface area contributed by atoms with Gasteiger partial charge in [0.05, 0.1) is 0 Å². The third-order valence-corrected chi connectivity index (χ3v) is 0.689. The molecule has 0 aliphatic carbocycles. The summed E-state index contributed by atoms with van der Waals surface area (Å²) in [6, 6.07) is 0. The van der Waals surface area contributed by atoms with Crippen molar-refractivity contribution >= 4 is 0 Å². The Morgan fingerprint density at radius 2 is 2.71 bits per heavy atom. The van der Waals surface area contributed by atoms with Gasteiger partial charge in [0.2, 0.25) is 0 Å². The van der Waals surface area contributed by atoms with Gasteiger partial charge in [-0.25, -0.2) is 4.98 Å². The number of nitrogens with one attached hydrogen (secondary N) is 1. The zero-order valence-corrected chi connectivity index (χ0v) is 3.89. The third kappa shape index (κ3) is 0.765. The molecule has 1 heterocycles. The maximum atomic E-state index is 3.81. The first-order chi connectivity index (χ1) is 3.43. The fourth-order valence-electron chi connectivity index (χ4n) is 0.356. The molecule has 0 aliphatic rings. The first-order valence-corrected chi connectivity index (χ1v) is 2.07. The molecule has 0 bridgehead atoms. The Morgan fingerprint density at radius 1 is 1.86 bits per heavy atom. The Labute approximate surface area is 41.8 Å². The predicted molar refractivity (Wildman–Crippen MR) is 25.4 cm³/mol. The highest BCUT2D eigenvalue weighted by molar-refractivity contribution is 4.79. The normalized spacial score (nSPS) is 9.29. The Morgan fingerprint density at radius 3 is 3.00 bits per heavy atom. The van der Waals surface area contributed by atoms with E-state index in [1.165, 1.54) is 0 Å². The minimum absolute atomic E-state index is 0.656. The predicted octanol–water partition coefficient (Wildman–Crippen LogP) is 0.181. The molecule has 0 saturated heterocycles. The van der Waals surface area contributed by atoms with E-state index in [2.05, 4.69) is 22.1 Å². The molecule has 0 atom stereocenters. The average Bonchev–Trinajstić information content (AvgIpc) is 2.14. The van der Waals surface area contributed by atoms with Gasteiger partial charge in [0.25, 0.3) is 0 Å². The van der Waals surface area contributed by atoms with E-state index >= 15 is 0 Å². The van der Waals surface area contributed by atoms with E-state index in [1.54, 1.807) is 6.33 Å². The van der Waals surface area contributed by atoms with Crippen LogP contribution in [-0.2, 0) is 6.42 Å². The van der Waals surface area contributed by atoms with Crippen molar-refractivity contribution in [3.05, 3.63) is 19.1 Å². The van der Waals surface area contributed by atoms with Crippen molar-refractivity contribution in [2.24, 2.45) is 0 Å². The number of H-pyrrole nitrogens is 1. The summed E-state index contributed by atoms with van der Waals surface area (Å²) in [6.07, 6.45) is 2.20. The SMILES string of the molecule is [CH2]Cc1nc[nH]n1. The molecular formula is C4H6N3. The van der Waals surface area contributed by atoms with Crippen molar-refractivity contribution in [2.45, 2.75) is 6.42 Å². The summed E-state index contributed by atoms with van der Waals surface area (Å²) in [5.74, 6) is 0.764. The lowest BCUT2D eigenvalue weighted by Gasteiger charge is -1.75. The van der Waals surface area contributed by atoms with Crippen LogP contribution in [0.4, 0.5) is 0 Å². The largest absolute Gasteiger partial charge is 0.266 e. The minimum Gasteiger partial charge on any atom is -0.266 e. The fraction of sp³-hybridized carbons (Fsp3) is 0.250. The van der Waals surface area contributed by atoms with Crippen LogP contribution < -0.4 is 0 Å². The summed E-state index contributed by atoms with van der Waals surface area (Å²) < 4.78 is 0. The molecule has 1 radical (unpaired) electrons. The van der Waals surface area contributed by atoms with Crippen LogP contribution >= 0.6 is 0 Å². The highest BCUT2D eigenvalue weighted by Gasteiger charge is 1.85. The van der Waals surface area contributed by atoms with E-state index in [1.807, 2.05) is 0 Å². The summed E-state index contributed by atoms with van der Waals surface area (Å²) in [6.45, 7) is 3.58. The van der Waals surface area contributed by atoms with Crippen LogP contribution in [0, 0.1) is 6.92 Å². The minimum atomic E-state index is 0.656. The molecule has 0 aliphatic heterocycles. The number of rotatable bonds is 1. The fourth-order valence-corrected chi connectivity index (χ4v) is 0.356.